The van der Waals surface area contributed by atoms with Gasteiger partial charge in [0.1, 0.15) is 23.5 Å². The molecular weight excluding hydrogens is 302 g/mol. The Hall–Kier alpha value is -2.11. The number of aromatic nitrogens is 3. The molecule has 24 heavy (non-hydrogen) atoms. The summed E-state index contributed by atoms with van der Waals surface area (Å²) in [5.41, 5.74) is 1.78. The molecule has 0 spiro atoms. The van der Waals surface area contributed by atoms with Gasteiger partial charge in [0.15, 0.2) is 0 Å². The van der Waals surface area contributed by atoms with E-state index >= 15 is 0 Å². The maximum absolute atomic E-state index is 13.1. The van der Waals surface area contributed by atoms with Gasteiger partial charge in [0.2, 0.25) is 0 Å². The lowest BCUT2D eigenvalue weighted by molar-refractivity contribution is 0.0761. The molecule has 0 aromatic carbocycles. The number of fused-ring (bicyclic) bond motifs is 1. The number of carbonyl (C=O) groups is 1. The van der Waals surface area contributed by atoms with E-state index in [1.165, 1.54) is 0 Å². The van der Waals surface area contributed by atoms with Crippen molar-refractivity contribution in [2.75, 3.05) is 32.1 Å². The summed E-state index contributed by atoms with van der Waals surface area (Å²) in [7, 11) is 5.81. The Morgan fingerprint density at radius 2 is 2.00 bits per heavy atom. The zero-order chi connectivity index (χ0) is 17.5. The van der Waals surface area contributed by atoms with Crippen molar-refractivity contribution >= 4 is 22.8 Å². The molecule has 1 fully saturated rings. The lowest BCUT2D eigenvalue weighted by Gasteiger charge is -2.26. The van der Waals surface area contributed by atoms with Crippen LogP contribution in [0.25, 0.3) is 11.0 Å². The molecule has 1 saturated heterocycles. The molecule has 0 unspecified atom stereocenters. The smallest absolute Gasteiger partial charge is 0.270 e. The molecule has 1 aliphatic heterocycles. The molecule has 1 amide bonds. The summed E-state index contributed by atoms with van der Waals surface area (Å²) in [5.74, 6) is 0.941. The zero-order valence-corrected chi connectivity index (χ0v) is 15.3. The van der Waals surface area contributed by atoms with Gasteiger partial charge in [-0.25, -0.2) is 9.97 Å². The Morgan fingerprint density at radius 3 is 2.58 bits per heavy atom. The van der Waals surface area contributed by atoms with Crippen molar-refractivity contribution in [3.8, 4) is 0 Å². The maximum atomic E-state index is 13.1. The second-order valence-corrected chi connectivity index (χ2v) is 7.10. The van der Waals surface area contributed by atoms with Gasteiger partial charge in [0.25, 0.3) is 5.91 Å². The molecule has 130 valence electrons. The van der Waals surface area contributed by atoms with Crippen LogP contribution in [0.4, 0.5) is 5.82 Å². The molecule has 1 aliphatic rings. The number of hydrogen-bond acceptors (Lipinski definition) is 4. The van der Waals surface area contributed by atoms with Crippen molar-refractivity contribution in [3.05, 3.63) is 18.1 Å². The fraction of sp³-hybridized carbons (Fsp3) is 0.611. The van der Waals surface area contributed by atoms with Crippen LogP contribution < -0.4 is 4.90 Å². The first-order valence-corrected chi connectivity index (χ1v) is 8.69. The average molecular weight is 329 g/mol. The average Bonchev–Trinajstić information content (AvgIpc) is 3.16. The van der Waals surface area contributed by atoms with Crippen LogP contribution in [-0.4, -0.2) is 52.5 Å². The van der Waals surface area contributed by atoms with E-state index in [2.05, 4.69) is 23.8 Å². The van der Waals surface area contributed by atoms with Crippen molar-refractivity contribution in [1.29, 1.82) is 0 Å². The van der Waals surface area contributed by atoms with Gasteiger partial charge in [0, 0.05) is 34.2 Å². The van der Waals surface area contributed by atoms with Gasteiger partial charge in [-0.2, -0.15) is 0 Å². The number of rotatable bonds is 4. The fourth-order valence-corrected chi connectivity index (χ4v) is 3.78. The van der Waals surface area contributed by atoms with Gasteiger partial charge in [-0.3, -0.25) is 4.79 Å². The topological polar surface area (TPSA) is 54.3 Å². The molecule has 6 nitrogen and oxygen atoms in total. The summed E-state index contributed by atoms with van der Waals surface area (Å²) in [5, 5.41) is 0.921. The standard InChI is InChI=1S/C18H27N5O/c1-6-18(7-2)8-9-23(11-18)17(24)14-10-13-15(21(3)4)19-12-20-16(13)22(14)5/h10,12H,6-9,11H2,1-5H3. The number of hydrogen-bond donors (Lipinski definition) is 0. The van der Waals surface area contributed by atoms with Crippen LogP contribution in [0.5, 0.6) is 0 Å². The number of amides is 1. The number of likely N-dealkylation sites (tertiary alicyclic amines) is 1. The molecule has 0 N–H and O–H groups in total. The number of anilines is 1. The number of carbonyl (C=O) groups excluding carboxylic acids is 1. The third kappa shape index (κ3) is 2.54. The lowest BCUT2D eigenvalue weighted by atomic mass is 9.82. The van der Waals surface area contributed by atoms with Crippen LogP contribution in [0.1, 0.15) is 43.6 Å². The molecule has 2 aromatic rings. The molecular formula is C18H27N5O. The Kier molecular flexibility index (Phi) is 4.24. The summed E-state index contributed by atoms with van der Waals surface area (Å²) >= 11 is 0. The molecule has 0 aliphatic carbocycles. The SMILES string of the molecule is CCC1(CC)CCN(C(=O)c2cc3c(N(C)C)ncnc3n2C)C1. The first kappa shape index (κ1) is 16.7. The molecule has 0 radical (unpaired) electrons. The van der Waals surface area contributed by atoms with Crippen molar-refractivity contribution in [2.24, 2.45) is 12.5 Å². The van der Waals surface area contributed by atoms with E-state index in [-0.39, 0.29) is 11.3 Å². The monoisotopic (exact) mass is 329 g/mol. The molecule has 0 saturated carbocycles. The van der Waals surface area contributed by atoms with E-state index in [4.69, 9.17) is 0 Å². The van der Waals surface area contributed by atoms with Crippen LogP contribution in [0.2, 0.25) is 0 Å². The van der Waals surface area contributed by atoms with E-state index in [0.29, 0.717) is 5.69 Å². The highest BCUT2D eigenvalue weighted by molar-refractivity contribution is 6.00. The van der Waals surface area contributed by atoms with Gasteiger partial charge in [-0.05, 0) is 30.7 Å². The van der Waals surface area contributed by atoms with Gasteiger partial charge in [-0.15, -0.1) is 0 Å². The second-order valence-electron chi connectivity index (χ2n) is 7.10. The molecule has 0 bridgehead atoms. The van der Waals surface area contributed by atoms with E-state index in [0.717, 1.165) is 49.2 Å². The Morgan fingerprint density at radius 1 is 1.29 bits per heavy atom. The maximum Gasteiger partial charge on any atom is 0.270 e. The largest absolute Gasteiger partial charge is 0.362 e. The first-order valence-electron chi connectivity index (χ1n) is 8.69. The van der Waals surface area contributed by atoms with Crippen molar-refractivity contribution < 1.29 is 4.79 Å². The summed E-state index contributed by atoms with van der Waals surface area (Å²) in [6.07, 6.45) is 4.90. The number of nitrogens with zero attached hydrogens (tertiary/aromatic N) is 5. The van der Waals surface area contributed by atoms with Crippen LogP contribution in [0.3, 0.4) is 0 Å². The van der Waals surface area contributed by atoms with Crippen LogP contribution in [0, 0.1) is 5.41 Å². The van der Waals surface area contributed by atoms with E-state index in [9.17, 15) is 4.79 Å². The highest BCUT2D eigenvalue weighted by Gasteiger charge is 2.38. The molecule has 6 heteroatoms. The Bertz CT molecular complexity index is 760. The minimum absolute atomic E-state index is 0.101. The molecule has 0 atom stereocenters. The predicted octanol–water partition coefficient (Wildman–Crippen LogP) is 2.69. The minimum atomic E-state index is 0.101. The lowest BCUT2D eigenvalue weighted by Crippen LogP contribution is -2.32. The van der Waals surface area contributed by atoms with E-state index < -0.39 is 0 Å². The first-order chi connectivity index (χ1) is 11.4. The third-order valence-corrected chi connectivity index (χ3v) is 5.67. The van der Waals surface area contributed by atoms with Crippen LogP contribution in [0.15, 0.2) is 12.4 Å². The Balaban J connectivity index is 1.97. The summed E-state index contributed by atoms with van der Waals surface area (Å²) in [6.45, 7) is 6.15. The van der Waals surface area contributed by atoms with Crippen molar-refractivity contribution in [2.45, 2.75) is 33.1 Å². The molecule has 3 rings (SSSR count). The Labute approximate surface area is 143 Å². The normalized spacial score (nSPS) is 16.8. The summed E-state index contributed by atoms with van der Waals surface area (Å²) < 4.78 is 1.89. The minimum Gasteiger partial charge on any atom is -0.362 e. The van der Waals surface area contributed by atoms with Gasteiger partial charge in [-0.1, -0.05) is 13.8 Å². The highest BCUT2D eigenvalue weighted by atomic mass is 16.2. The summed E-state index contributed by atoms with van der Waals surface area (Å²) in [6, 6.07) is 1.94. The van der Waals surface area contributed by atoms with Crippen LogP contribution >= 0.6 is 0 Å². The highest BCUT2D eigenvalue weighted by Crippen LogP contribution is 2.37. The second kappa shape index (κ2) is 6.07. The quantitative estimate of drug-likeness (QED) is 0.865. The van der Waals surface area contributed by atoms with Gasteiger partial charge >= 0.3 is 0 Å². The van der Waals surface area contributed by atoms with Gasteiger partial charge in [0.05, 0.1) is 5.39 Å². The predicted molar refractivity (Wildman–Crippen MR) is 96.4 cm³/mol. The third-order valence-electron chi connectivity index (χ3n) is 5.67. The molecule has 3 heterocycles. The van der Waals surface area contributed by atoms with Crippen molar-refractivity contribution in [1.82, 2.24) is 19.4 Å². The fourth-order valence-electron chi connectivity index (χ4n) is 3.78. The van der Waals surface area contributed by atoms with Crippen molar-refractivity contribution in [3.63, 3.8) is 0 Å². The van der Waals surface area contributed by atoms with Gasteiger partial charge < -0.3 is 14.4 Å². The van der Waals surface area contributed by atoms with Crippen LogP contribution in [-0.2, 0) is 7.05 Å². The van der Waals surface area contributed by atoms with E-state index in [1.807, 2.05) is 41.6 Å². The zero-order valence-electron chi connectivity index (χ0n) is 15.3. The number of aryl methyl sites for hydroxylation is 1. The summed E-state index contributed by atoms with van der Waals surface area (Å²) in [4.78, 5) is 25.7. The molecule has 2 aromatic heterocycles. The van der Waals surface area contributed by atoms with E-state index in [1.54, 1.807) is 6.33 Å².